The zero-order valence-corrected chi connectivity index (χ0v) is 16.2. The van der Waals surface area contributed by atoms with Gasteiger partial charge in [0, 0.05) is 12.1 Å². The second-order valence-electron chi connectivity index (χ2n) is 5.68. The molecule has 0 aliphatic carbocycles. The van der Waals surface area contributed by atoms with Crippen LogP contribution in [0.3, 0.4) is 0 Å². The van der Waals surface area contributed by atoms with Gasteiger partial charge in [0.2, 0.25) is 0 Å². The number of anilines is 2. The Bertz CT molecular complexity index is 1020. The van der Waals surface area contributed by atoms with Crippen molar-refractivity contribution in [1.29, 1.82) is 0 Å². The van der Waals surface area contributed by atoms with Gasteiger partial charge in [-0.2, -0.15) is 0 Å². The summed E-state index contributed by atoms with van der Waals surface area (Å²) in [5.41, 5.74) is 16.2. The molecule has 11 nitrogen and oxygen atoms in total. The number of hydrogen-bond donors (Lipinski definition) is 4. The number of primary amides is 2. The van der Waals surface area contributed by atoms with Crippen LogP contribution in [-0.2, 0) is 19.6 Å². The number of hydrogen-bond acceptors (Lipinski definition) is 8. The first kappa shape index (κ1) is 21.6. The molecule has 2 aromatic carbocycles. The van der Waals surface area contributed by atoms with Crippen LogP contribution in [0.2, 0.25) is 0 Å². The van der Waals surface area contributed by atoms with Crippen molar-refractivity contribution in [3.05, 3.63) is 36.4 Å². The number of benzene rings is 2. The van der Waals surface area contributed by atoms with Crippen LogP contribution in [0.1, 0.15) is 0 Å². The molecule has 2 amide bonds. The molecule has 0 aliphatic heterocycles. The maximum absolute atomic E-state index is 12.7. The Balaban J connectivity index is 2.34. The fourth-order valence-corrected chi connectivity index (χ4v) is 3.25. The third-order valence-corrected chi connectivity index (χ3v) is 4.83. The summed E-state index contributed by atoms with van der Waals surface area (Å²) in [6.45, 7) is -1.01. The van der Waals surface area contributed by atoms with E-state index in [1.807, 2.05) is 0 Å². The van der Waals surface area contributed by atoms with Crippen molar-refractivity contribution in [1.82, 2.24) is 0 Å². The molecule has 0 heterocycles. The van der Waals surface area contributed by atoms with Crippen LogP contribution in [0, 0.1) is 0 Å². The molecule has 0 bridgehead atoms. The summed E-state index contributed by atoms with van der Waals surface area (Å²) in [7, 11) is -2.63. The third kappa shape index (κ3) is 5.90. The number of ether oxygens (including phenoxy) is 3. The summed E-state index contributed by atoms with van der Waals surface area (Å²) in [5.74, 6) is -1.19. The van der Waals surface area contributed by atoms with Gasteiger partial charge in [0.15, 0.2) is 24.7 Å². The van der Waals surface area contributed by atoms with Gasteiger partial charge in [0.1, 0.15) is 5.75 Å². The largest absolute Gasteiger partial charge is 0.497 e. The Morgan fingerprint density at radius 3 is 2.14 bits per heavy atom. The molecular formula is C17H20N4O7S. The monoisotopic (exact) mass is 424 g/mol. The van der Waals surface area contributed by atoms with E-state index in [4.69, 9.17) is 31.4 Å². The summed E-state index contributed by atoms with van der Waals surface area (Å²) in [4.78, 5) is 21.7. The molecule has 7 N–H and O–H groups in total. The molecule has 0 unspecified atom stereocenters. The van der Waals surface area contributed by atoms with Crippen molar-refractivity contribution >= 4 is 33.2 Å². The molecule has 0 atom stereocenters. The van der Waals surface area contributed by atoms with Crippen LogP contribution in [0.5, 0.6) is 17.2 Å². The lowest BCUT2D eigenvalue weighted by molar-refractivity contribution is -0.121. The number of methoxy groups -OCH3 is 1. The number of carbonyl (C=O) groups excluding carboxylic acids is 2. The Morgan fingerprint density at radius 2 is 1.59 bits per heavy atom. The van der Waals surface area contributed by atoms with E-state index in [1.165, 1.54) is 37.4 Å². The Labute approximate surface area is 166 Å². The van der Waals surface area contributed by atoms with Crippen molar-refractivity contribution in [2.45, 2.75) is 4.90 Å². The van der Waals surface area contributed by atoms with E-state index in [-0.39, 0.29) is 27.8 Å². The maximum Gasteiger partial charge on any atom is 0.262 e. The number of carbonyl (C=O) groups is 2. The molecule has 0 aliphatic rings. The summed E-state index contributed by atoms with van der Waals surface area (Å²) >= 11 is 0. The first-order chi connectivity index (χ1) is 13.6. The maximum atomic E-state index is 12.7. The summed E-state index contributed by atoms with van der Waals surface area (Å²) in [6, 6.07) is 8.03. The van der Waals surface area contributed by atoms with E-state index in [9.17, 15) is 18.0 Å². The molecular weight excluding hydrogens is 404 g/mol. The van der Waals surface area contributed by atoms with Crippen molar-refractivity contribution in [2.75, 3.05) is 30.8 Å². The normalized spacial score (nSPS) is 10.8. The van der Waals surface area contributed by atoms with Gasteiger partial charge in [-0.25, -0.2) is 8.42 Å². The van der Waals surface area contributed by atoms with E-state index >= 15 is 0 Å². The van der Waals surface area contributed by atoms with Crippen LogP contribution in [-0.4, -0.2) is 40.6 Å². The van der Waals surface area contributed by atoms with Gasteiger partial charge in [-0.1, -0.05) is 0 Å². The minimum atomic E-state index is -4.08. The average Bonchev–Trinajstić information content (AvgIpc) is 2.66. The van der Waals surface area contributed by atoms with Gasteiger partial charge < -0.3 is 31.4 Å². The number of rotatable bonds is 10. The molecule has 0 saturated carbocycles. The van der Waals surface area contributed by atoms with Crippen molar-refractivity contribution in [3.63, 3.8) is 0 Å². The van der Waals surface area contributed by atoms with Gasteiger partial charge >= 0.3 is 0 Å². The molecule has 0 saturated heterocycles. The predicted octanol–water partition coefficient (Wildman–Crippen LogP) is -0.194. The van der Waals surface area contributed by atoms with Gasteiger partial charge in [-0.05, 0) is 24.3 Å². The highest BCUT2D eigenvalue weighted by Gasteiger charge is 2.19. The zero-order valence-electron chi connectivity index (χ0n) is 15.4. The predicted molar refractivity (Wildman–Crippen MR) is 104 cm³/mol. The lowest BCUT2D eigenvalue weighted by atomic mass is 10.2. The van der Waals surface area contributed by atoms with Crippen LogP contribution in [0.25, 0.3) is 0 Å². The Morgan fingerprint density at radius 1 is 0.966 bits per heavy atom. The quantitative estimate of drug-likeness (QED) is 0.378. The Hall–Kier alpha value is -3.67. The van der Waals surface area contributed by atoms with Gasteiger partial charge in [-0.15, -0.1) is 0 Å². The van der Waals surface area contributed by atoms with E-state index < -0.39 is 35.1 Å². The number of nitrogens with two attached hydrogens (primary N) is 3. The Kier molecular flexibility index (Phi) is 6.72. The SMILES string of the molecule is COc1ccc(NS(=O)(=O)c2ccc(OCC(N)=O)c(OCC(N)=O)c2)c(N)c1. The van der Waals surface area contributed by atoms with Gasteiger partial charge in [0.25, 0.3) is 21.8 Å². The molecule has 2 rings (SSSR count). The topological polar surface area (TPSA) is 186 Å². The fraction of sp³-hybridized carbons (Fsp3) is 0.176. The number of sulfonamides is 1. The van der Waals surface area contributed by atoms with Crippen molar-refractivity contribution < 1.29 is 32.2 Å². The average molecular weight is 424 g/mol. The summed E-state index contributed by atoms with van der Waals surface area (Å²) in [5, 5.41) is 0. The molecule has 156 valence electrons. The van der Waals surface area contributed by atoms with Gasteiger partial charge in [-0.3, -0.25) is 14.3 Å². The number of nitrogen functional groups attached to an aromatic ring is 1. The molecule has 0 radical (unpaired) electrons. The molecule has 29 heavy (non-hydrogen) atoms. The first-order valence-electron chi connectivity index (χ1n) is 8.05. The second kappa shape index (κ2) is 9.01. The van der Waals surface area contributed by atoms with Crippen LogP contribution < -0.4 is 36.1 Å². The molecule has 0 spiro atoms. The highest BCUT2D eigenvalue weighted by Crippen LogP contribution is 2.32. The minimum absolute atomic E-state index is 0.00737. The van der Waals surface area contributed by atoms with E-state index in [2.05, 4.69) is 4.72 Å². The van der Waals surface area contributed by atoms with Crippen LogP contribution >= 0.6 is 0 Å². The molecule has 2 aromatic rings. The number of nitrogens with one attached hydrogen (secondary N) is 1. The van der Waals surface area contributed by atoms with Crippen LogP contribution in [0.4, 0.5) is 11.4 Å². The highest BCUT2D eigenvalue weighted by molar-refractivity contribution is 7.92. The summed E-state index contributed by atoms with van der Waals surface area (Å²) in [6.07, 6.45) is 0. The van der Waals surface area contributed by atoms with E-state index in [0.717, 1.165) is 6.07 Å². The zero-order chi connectivity index (χ0) is 21.6. The smallest absolute Gasteiger partial charge is 0.262 e. The van der Waals surface area contributed by atoms with E-state index in [0.29, 0.717) is 5.75 Å². The lowest BCUT2D eigenvalue weighted by Crippen LogP contribution is -2.22. The molecule has 0 aromatic heterocycles. The lowest BCUT2D eigenvalue weighted by Gasteiger charge is -2.15. The number of amides is 2. The van der Waals surface area contributed by atoms with E-state index in [1.54, 1.807) is 0 Å². The second-order valence-corrected chi connectivity index (χ2v) is 7.36. The fourth-order valence-electron chi connectivity index (χ4n) is 2.15. The highest BCUT2D eigenvalue weighted by atomic mass is 32.2. The standard InChI is InChI=1S/C17H20N4O7S/c1-26-10-2-4-13(12(18)6-10)21-29(24,25)11-3-5-14(27-8-16(19)22)15(7-11)28-9-17(20)23/h2-7,21H,8-9,18H2,1H3,(H2,19,22)(H2,20,23). The molecule has 0 fully saturated rings. The van der Waals surface area contributed by atoms with Gasteiger partial charge in [0.05, 0.1) is 23.4 Å². The van der Waals surface area contributed by atoms with Crippen molar-refractivity contribution in [3.8, 4) is 17.2 Å². The third-order valence-electron chi connectivity index (χ3n) is 3.47. The van der Waals surface area contributed by atoms with Crippen molar-refractivity contribution in [2.24, 2.45) is 11.5 Å². The van der Waals surface area contributed by atoms with Crippen LogP contribution in [0.15, 0.2) is 41.3 Å². The minimum Gasteiger partial charge on any atom is -0.497 e. The first-order valence-corrected chi connectivity index (χ1v) is 9.53. The summed E-state index contributed by atoms with van der Waals surface area (Å²) < 4.78 is 43.1. The molecule has 12 heteroatoms.